The molecule has 2 aliphatic heterocycles. The Bertz CT molecular complexity index is 255. The molecule has 21 heavy (non-hydrogen) atoms. The molecule has 2 rings (SSSR count). The van der Waals surface area contributed by atoms with Crippen LogP contribution in [0.4, 0.5) is 0 Å². The Morgan fingerprint density at radius 3 is 2.19 bits per heavy atom. The van der Waals surface area contributed by atoms with Crippen molar-refractivity contribution in [3.63, 3.8) is 0 Å². The van der Waals surface area contributed by atoms with Crippen molar-refractivity contribution in [3.05, 3.63) is 6.54 Å². The topological polar surface area (TPSA) is 21.8 Å². The average Bonchev–Trinajstić information content (AvgIpc) is 2.50. The van der Waals surface area contributed by atoms with Crippen LogP contribution in [0.5, 0.6) is 0 Å². The zero-order chi connectivity index (χ0) is 14.2. The molecule has 0 spiro atoms. The summed E-state index contributed by atoms with van der Waals surface area (Å²) in [5.41, 5.74) is 0. The molecule has 2 saturated heterocycles. The number of hydrogen-bond donors (Lipinski definition) is 1. The van der Waals surface area contributed by atoms with E-state index in [1.165, 1.54) is 71.7 Å². The first kappa shape index (κ1) is 20.0. The molecule has 0 aromatic rings. The maximum atomic E-state index is 3.30. The fraction of sp³-hybridized carbons (Fsp3) is 0.938. The number of likely N-dealkylation sites (tertiary alicyclic amines) is 1. The molecule has 0 atom stereocenters. The summed E-state index contributed by atoms with van der Waals surface area (Å²) in [4.78, 5) is 7.87. The third-order valence-electron chi connectivity index (χ3n) is 4.91. The largest absolute Gasteiger partial charge is 0.469 e. The van der Waals surface area contributed by atoms with Crippen molar-refractivity contribution < 1.29 is 34.1 Å². The van der Waals surface area contributed by atoms with E-state index in [0.717, 1.165) is 12.5 Å². The number of piperidine rings is 1. The van der Waals surface area contributed by atoms with Gasteiger partial charge in [0, 0.05) is 73.4 Å². The SMILES string of the molecule is C[CH-]NCCN1CCC(CN2CCN(CC)CC2)CC1.[HH].[Y]. The van der Waals surface area contributed by atoms with Crippen molar-refractivity contribution in [3.8, 4) is 0 Å². The molecular formula is C16H35N4Y-. The normalized spacial score (nSPS) is 23.1. The van der Waals surface area contributed by atoms with E-state index in [-0.39, 0.29) is 34.1 Å². The zero-order valence-electron chi connectivity index (χ0n) is 14.1. The molecule has 2 heterocycles. The van der Waals surface area contributed by atoms with Crippen LogP contribution in [-0.2, 0) is 32.7 Å². The molecule has 1 N–H and O–H groups in total. The summed E-state index contributed by atoms with van der Waals surface area (Å²) < 4.78 is 0. The van der Waals surface area contributed by atoms with Crippen LogP contribution >= 0.6 is 0 Å². The van der Waals surface area contributed by atoms with Crippen molar-refractivity contribution in [2.24, 2.45) is 5.92 Å². The van der Waals surface area contributed by atoms with Crippen molar-refractivity contribution in [1.82, 2.24) is 20.0 Å². The van der Waals surface area contributed by atoms with E-state index in [1.807, 2.05) is 6.54 Å². The van der Waals surface area contributed by atoms with Crippen molar-refractivity contribution >= 4 is 0 Å². The quantitative estimate of drug-likeness (QED) is 0.538. The van der Waals surface area contributed by atoms with Crippen LogP contribution in [0.3, 0.4) is 0 Å². The van der Waals surface area contributed by atoms with Gasteiger partial charge >= 0.3 is 0 Å². The van der Waals surface area contributed by atoms with Crippen LogP contribution in [0.25, 0.3) is 0 Å². The van der Waals surface area contributed by atoms with Crippen LogP contribution in [0.2, 0.25) is 0 Å². The van der Waals surface area contributed by atoms with Crippen molar-refractivity contribution in [2.75, 3.05) is 65.4 Å². The van der Waals surface area contributed by atoms with E-state index in [0.29, 0.717) is 0 Å². The molecule has 2 aliphatic rings. The van der Waals surface area contributed by atoms with Gasteiger partial charge in [0.2, 0.25) is 0 Å². The van der Waals surface area contributed by atoms with Crippen molar-refractivity contribution in [2.45, 2.75) is 26.7 Å². The molecule has 1 radical (unpaired) electrons. The van der Waals surface area contributed by atoms with Crippen LogP contribution < -0.4 is 5.32 Å². The number of piperazine rings is 1. The molecule has 0 aromatic heterocycles. The van der Waals surface area contributed by atoms with E-state index in [9.17, 15) is 0 Å². The summed E-state index contributed by atoms with van der Waals surface area (Å²) in [6, 6.07) is 0. The third kappa shape index (κ3) is 7.37. The number of hydrogen-bond acceptors (Lipinski definition) is 4. The molecular weight excluding hydrogens is 337 g/mol. The van der Waals surface area contributed by atoms with Gasteiger partial charge in [0.25, 0.3) is 0 Å². The molecule has 4 nitrogen and oxygen atoms in total. The predicted octanol–water partition coefficient (Wildman–Crippen LogP) is 1.35. The predicted molar refractivity (Wildman–Crippen MR) is 87.8 cm³/mol. The molecule has 0 saturated carbocycles. The van der Waals surface area contributed by atoms with Gasteiger partial charge in [0.05, 0.1) is 0 Å². The second-order valence-electron chi connectivity index (χ2n) is 6.26. The molecule has 5 heteroatoms. The summed E-state index contributed by atoms with van der Waals surface area (Å²) in [6.07, 6.45) is 2.79. The Labute approximate surface area is 158 Å². The number of nitrogens with zero attached hydrogens (tertiary/aromatic N) is 3. The summed E-state index contributed by atoms with van der Waals surface area (Å²) in [5, 5.41) is 3.30. The fourth-order valence-corrected chi connectivity index (χ4v) is 3.41. The Kier molecular flexibility index (Phi) is 10.9. The van der Waals surface area contributed by atoms with Crippen LogP contribution in [-0.4, -0.2) is 80.1 Å². The smallest absolute Gasteiger partial charge is 0.0110 e. The molecule has 0 aromatic carbocycles. The fourth-order valence-electron chi connectivity index (χ4n) is 3.41. The first-order valence-corrected chi connectivity index (χ1v) is 8.50. The molecule has 2 fully saturated rings. The van der Waals surface area contributed by atoms with Crippen LogP contribution in [0.15, 0.2) is 0 Å². The van der Waals surface area contributed by atoms with Gasteiger partial charge in [0.1, 0.15) is 0 Å². The third-order valence-corrected chi connectivity index (χ3v) is 4.91. The van der Waals surface area contributed by atoms with Gasteiger partial charge in [0.15, 0.2) is 0 Å². The van der Waals surface area contributed by atoms with Crippen molar-refractivity contribution in [1.29, 1.82) is 0 Å². The maximum absolute atomic E-state index is 3.30. The van der Waals surface area contributed by atoms with E-state index >= 15 is 0 Å². The molecule has 0 amide bonds. The molecule has 0 unspecified atom stereocenters. The van der Waals surface area contributed by atoms with Gasteiger partial charge in [-0.05, 0) is 44.9 Å². The summed E-state index contributed by atoms with van der Waals surface area (Å²) in [7, 11) is 0. The van der Waals surface area contributed by atoms with Crippen LogP contribution in [0, 0.1) is 12.5 Å². The summed E-state index contributed by atoms with van der Waals surface area (Å²) >= 11 is 0. The van der Waals surface area contributed by atoms with E-state index in [1.54, 1.807) is 0 Å². The average molecular weight is 372 g/mol. The Hall–Kier alpha value is 0.944. The zero-order valence-corrected chi connectivity index (χ0v) is 16.9. The minimum absolute atomic E-state index is 0. The van der Waals surface area contributed by atoms with Gasteiger partial charge < -0.3 is 20.0 Å². The van der Waals surface area contributed by atoms with Gasteiger partial charge in [-0.2, -0.15) is 6.92 Å². The summed E-state index contributed by atoms with van der Waals surface area (Å²) in [6.45, 7) is 18.9. The second kappa shape index (κ2) is 11.5. The Morgan fingerprint density at radius 2 is 1.62 bits per heavy atom. The van der Waals surface area contributed by atoms with E-state index in [4.69, 9.17) is 0 Å². The van der Waals surface area contributed by atoms with E-state index < -0.39 is 0 Å². The van der Waals surface area contributed by atoms with Gasteiger partial charge in [-0.1, -0.05) is 6.92 Å². The minimum Gasteiger partial charge on any atom is -0.469 e. The Morgan fingerprint density at radius 1 is 1.00 bits per heavy atom. The van der Waals surface area contributed by atoms with Crippen LogP contribution in [0.1, 0.15) is 28.1 Å². The maximum Gasteiger partial charge on any atom is 0.0110 e. The Balaban J connectivity index is 0.00000220. The monoisotopic (exact) mass is 372 g/mol. The second-order valence-corrected chi connectivity index (χ2v) is 6.26. The number of nitrogens with one attached hydrogen (secondary N) is 1. The first-order valence-electron chi connectivity index (χ1n) is 8.50. The molecule has 0 aliphatic carbocycles. The first-order chi connectivity index (χ1) is 9.81. The van der Waals surface area contributed by atoms with E-state index in [2.05, 4.69) is 33.9 Å². The number of likely N-dealkylation sites (N-methyl/N-ethyl adjacent to an activating group) is 1. The van der Waals surface area contributed by atoms with Gasteiger partial charge in [-0.3, -0.25) is 6.54 Å². The molecule has 123 valence electrons. The standard InChI is InChI=1S/C16H33N4.Y.H2/c1-3-17-7-10-19-8-5-16(6-9-19)15-20-13-11-18(4-2)12-14-20;;/h3,16-17H,4-15H2,1-2H3;;1H/q-1;;. The summed E-state index contributed by atoms with van der Waals surface area (Å²) in [5.74, 6) is 0.935. The van der Waals surface area contributed by atoms with Gasteiger partial charge in [-0.15, -0.1) is 0 Å². The van der Waals surface area contributed by atoms with Gasteiger partial charge in [-0.25, -0.2) is 0 Å². The number of rotatable bonds is 7. The minimum atomic E-state index is 0. The molecule has 0 bridgehead atoms.